The van der Waals surface area contributed by atoms with Crippen molar-refractivity contribution in [2.24, 2.45) is 0 Å². The molecule has 3 nitrogen and oxygen atoms in total. The van der Waals surface area contributed by atoms with Gasteiger partial charge in [-0.15, -0.1) is 0 Å². The van der Waals surface area contributed by atoms with Crippen molar-refractivity contribution in [3.05, 3.63) is 71.6 Å². The van der Waals surface area contributed by atoms with E-state index in [9.17, 15) is 8.78 Å². The Labute approximate surface area is 164 Å². The Hall–Kier alpha value is -2.69. The fourth-order valence-corrected chi connectivity index (χ4v) is 4.06. The summed E-state index contributed by atoms with van der Waals surface area (Å²) in [7, 11) is 0. The zero-order valence-corrected chi connectivity index (χ0v) is 16.4. The Bertz CT molecular complexity index is 1020. The van der Waals surface area contributed by atoms with Crippen molar-refractivity contribution >= 4 is 16.7 Å². The third kappa shape index (κ3) is 3.41. The lowest BCUT2D eigenvalue weighted by Gasteiger charge is -2.20. The van der Waals surface area contributed by atoms with Gasteiger partial charge in [0.25, 0.3) is 5.92 Å². The van der Waals surface area contributed by atoms with E-state index in [-0.39, 0.29) is 5.56 Å². The van der Waals surface area contributed by atoms with Crippen LogP contribution in [0, 0.1) is 6.92 Å². The van der Waals surface area contributed by atoms with Gasteiger partial charge in [0.2, 0.25) is 0 Å². The first-order valence-electron chi connectivity index (χ1n) is 9.72. The highest BCUT2D eigenvalue weighted by Crippen LogP contribution is 2.31. The second kappa shape index (κ2) is 7.04. The van der Waals surface area contributed by atoms with E-state index in [0.717, 1.165) is 48.1 Å². The summed E-state index contributed by atoms with van der Waals surface area (Å²) in [6.45, 7) is 9.59. The van der Waals surface area contributed by atoms with Gasteiger partial charge in [0.15, 0.2) is 0 Å². The van der Waals surface area contributed by atoms with E-state index in [2.05, 4.69) is 28.6 Å². The van der Waals surface area contributed by atoms with E-state index < -0.39 is 5.92 Å². The van der Waals surface area contributed by atoms with Crippen molar-refractivity contribution in [2.45, 2.75) is 39.2 Å². The maximum absolute atomic E-state index is 14.0. The van der Waals surface area contributed by atoms with Gasteiger partial charge in [-0.2, -0.15) is 0 Å². The van der Waals surface area contributed by atoms with Gasteiger partial charge in [-0.3, -0.25) is 0 Å². The standard InChI is InChI=1S/C23H25F2N3/c1-16(27-12-6-7-13-27)18-10-11-22-21(14-18)26-17(2)28(22)15-19-8-4-5-9-20(19)23(3,24)25/h4-5,8-11,14H,1,6-7,12-13,15H2,2-3H3. The number of imidazole rings is 1. The fraction of sp³-hybridized carbons (Fsp3) is 0.348. The van der Waals surface area contributed by atoms with Gasteiger partial charge < -0.3 is 9.47 Å². The minimum Gasteiger partial charge on any atom is -0.372 e. The molecule has 28 heavy (non-hydrogen) atoms. The number of likely N-dealkylation sites (tertiary alicyclic amines) is 1. The first kappa shape index (κ1) is 18.7. The molecular weight excluding hydrogens is 356 g/mol. The Morgan fingerprint density at radius 1 is 1.14 bits per heavy atom. The van der Waals surface area contributed by atoms with Crippen LogP contribution in [-0.2, 0) is 12.5 Å². The number of alkyl halides is 2. The minimum atomic E-state index is -2.87. The number of aromatic nitrogens is 2. The molecule has 0 radical (unpaired) electrons. The Kier molecular flexibility index (Phi) is 4.69. The van der Waals surface area contributed by atoms with Crippen LogP contribution in [0.4, 0.5) is 8.78 Å². The van der Waals surface area contributed by atoms with Crippen molar-refractivity contribution in [3.63, 3.8) is 0 Å². The Balaban J connectivity index is 1.70. The summed E-state index contributed by atoms with van der Waals surface area (Å²) in [5.74, 6) is -2.06. The molecule has 0 unspecified atom stereocenters. The smallest absolute Gasteiger partial charge is 0.270 e. The van der Waals surface area contributed by atoms with Crippen LogP contribution in [0.1, 0.15) is 42.3 Å². The maximum Gasteiger partial charge on any atom is 0.270 e. The number of rotatable bonds is 5. The average Bonchev–Trinajstić information content (AvgIpc) is 3.29. The van der Waals surface area contributed by atoms with Gasteiger partial charge in [-0.05, 0) is 43.0 Å². The van der Waals surface area contributed by atoms with Crippen molar-refractivity contribution in [3.8, 4) is 0 Å². The lowest BCUT2D eigenvalue weighted by molar-refractivity contribution is 0.0164. The summed E-state index contributed by atoms with van der Waals surface area (Å²) in [6, 6.07) is 12.9. The first-order valence-corrected chi connectivity index (χ1v) is 9.72. The van der Waals surface area contributed by atoms with Crippen molar-refractivity contribution in [1.82, 2.24) is 14.5 Å². The van der Waals surface area contributed by atoms with E-state index >= 15 is 0 Å². The first-order chi connectivity index (χ1) is 13.3. The molecule has 0 saturated carbocycles. The van der Waals surface area contributed by atoms with Crippen LogP contribution in [0.2, 0.25) is 0 Å². The van der Waals surface area contributed by atoms with Gasteiger partial charge in [0, 0.05) is 37.8 Å². The topological polar surface area (TPSA) is 21.1 Å². The van der Waals surface area contributed by atoms with E-state index in [0.29, 0.717) is 12.1 Å². The number of benzene rings is 2. The quantitative estimate of drug-likeness (QED) is 0.576. The van der Waals surface area contributed by atoms with Gasteiger partial charge in [-0.1, -0.05) is 36.9 Å². The molecule has 146 valence electrons. The maximum atomic E-state index is 14.0. The summed E-state index contributed by atoms with van der Waals surface area (Å²) < 4.78 is 30.0. The van der Waals surface area contributed by atoms with E-state index in [4.69, 9.17) is 0 Å². The van der Waals surface area contributed by atoms with Gasteiger partial charge >= 0.3 is 0 Å². The zero-order chi connectivity index (χ0) is 19.9. The molecule has 5 heteroatoms. The van der Waals surface area contributed by atoms with Crippen LogP contribution in [0.25, 0.3) is 16.7 Å². The van der Waals surface area contributed by atoms with E-state index in [1.807, 2.05) is 17.6 Å². The van der Waals surface area contributed by atoms with Crippen LogP contribution >= 0.6 is 0 Å². The van der Waals surface area contributed by atoms with Crippen molar-refractivity contribution in [2.75, 3.05) is 13.1 Å². The average molecular weight is 381 g/mol. The van der Waals surface area contributed by atoms with Gasteiger partial charge in [-0.25, -0.2) is 13.8 Å². The highest BCUT2D eigenvalue weighted by Gasteiger charge is 2.27. The molecule has 0 atom stereocenters. The normalized spacial score (nSPS) is 14.8. The molecule has 1 aliphatic rings. The molecule has 0 aliphatic carbocycles. The largest absolute Gasteiger partial charge is 0.372 e. The number of halogens is 2. The highest BCUT2D eigenvalue weighted by atomic mass is 19.3. The second-order valence-electron chi connectivity index (χ2n) is 7.64. The summed E-state index contributed by atoms with van der Waals surface area (Å²) in [5.41, 5.74) is 4.60. The molecule has 0 amide bonds. The summed E-state index contributed by atoms with van der Waals surface area (Å²) in [6.07, 6.45) is 2.41. The third-order valence-corrected chi connectivity index (χ3v) is 5.58. The molecule has 0 bridgehead atoms. The molecule has 2 heterocycles. The number of aryl methyl sites for hydroxylation is 1. The third-order valence-electron chi connectivity index (χ3n) is 5.58. The SMILES string of the molecule is C=C(c1ccc2c(c1)nc(C)n2Cc1ccccc1C(C)(F)F)N1CCCC1. The lowest BCUT2D eigenvalue weighted by Crippen LogP contribution is -2.16. The molecule has 0 N–H and O–H groups in total. The monoisotopic (exact) mass is 381 g/mol. The second-order valence-corrected chi connectivity index (χ2v) is 7.64. The molecule has 0 spiro atoms. The van der Waals surface area contributed by atoms with Crippen molar-refractivity contribution in [1.29, 1.82) is 0 Å². The van der Waals surface area contributed by atoms with Crippen LogP contribution in [0.3, 0.4) is 0 Å². The number of fused-ring (bicyclic) bond motifs is 1. The molecule has 1 aliphatic heterocycles. The molecule has 1 fully saturated rings. The number of hydrogen-bond acceptors (Lipinski definition) is 2. The fourth-order valence-electron chi connectivity index (χ4n) is 4.06. The lowest BCUT2D eigenvalue weighted by atomic mass is 10.0. The Morgan fingerprint density at radius 2 is 1.86 bits per heavy atom. The summed E-state index contributed by atoms with van der Waals surface area (Å²) >= 11 is 0. The van der Waals surface area contributed by atoms with E-state index in [1.165, 1.54) is 18.9 Å². The highest BCUT2D eigenvalue weighted by molar-refractivity contribution is 5.81. The van der Waals surface area contributed by atoms with Gasteiger partial charge in [0.05, 0.1) is 11.0 Å². The number of hydrogen-bond donors (Lipinski definition) is 0. The van der Waals surface area contributed by atoms with Crippen LogP contribution in [-0.4, -0.2) is 27.5 Å². The zero-order valence-electron chi connectivity index (χ0n) is 16.4. The predicted octanol–water partition coefficient (Wildman–Crippen LogP) is 5.57. The molecule has 1 saturated heterocycles. The molecule has 1 aromatic heterocycles. The van der Waals surface area contributed by atoms with Crippen LogP contribution in [0.5, 0.6) is 0 Å². The molecule has 3 aromatic rings. The predicted molar refractivity (Wildman–Crippen MR) is 109 cm³/mol. The molecule has 2 aromatic carbocycles. The Morgan fingerprint density at radius 3 is 2.57 bits per heavy atom. The van der Waals surface area contributed by atoms with Crippen LogP contribution in [0.15, 0.2) is 49.0 Å². The number of nitrogens with zero attached hydrogens (tertiary/aromatic N) is 3. The minimum absolute atomic E-state index is 0.0651. The van der Waals surface area contributed by atoms with Crippen molar-refractivity contribution < 1.29 is 8.78 Å². The van der Waals surface area contributed by atoms with E-state index in [1.54, 1.807) is 18.2 Å². The molecule has 4 rings (SSSR count). The summed E-state index contributed by atoms with van der Waals surface area (Å²) in [5, 5.41) is 0. The van der Waals surface area contributed by atoms with Crippen LogP contribution < -0.4 is 0 Å². The molecular formula is C23H25F2N3. The summed E-state index contributed by atoms with van der Waals surface area (Å²) in [4.78, 5) is 7.00. The van der Waals surface area contributed by atoms with Gasteiger partial charge in [0.1, 0.15) is 5.82 Å².